The van der Waals surface area contributed by atoms with Crippen molar-refractivity contribution in [3.8, 4) is 0 Å². The molecule has 1 aliphatic carbocycles. The lowest BCUT2D eigenvalue weighted by molar-refractivity contribution is -0.138. The number of aromatic nitrogens is 2. The van der Waals surface area contributed by atoms with Gasteiger partial charge in [-0.05, 0) is 63.3 Å². The second-order valence-corrected chi connectivity index (χ2v) is 8.52. The highest BCUT2D eigenvalue weighted by atomic mass is 32.1. The summed E-state index contributed by atoms with van der Waals surface area (Å²) in [5.74, 6) is 0. The highest BCUT2D eigenvalue weighted by molar-refractivity contribution is 7.15. The van der Waals surface area contributed by atoms with Gasteiger partial charge in [0.15, 0.2) is 0 Å². The maximum absolute atomic E-state index is 12.7. The molecule has 10 heteroatoms. The van der Waals surface area contributed by atoms with Crippen molar-refractivity contribution in [1.82, 2.24) is 10.2 Å². The zero-order valence-electron chi connectivity index (χ0n) is 15.7. The van der Waals surface area contributed by atoms with Crippen molar-refractivity contribution in [2.24, 2.45) is 0 Å². The third-order valence-corrected chi connectivity index (χ3v) is 4.97. The van der Waals surface area contributed by atoms with Crippen molar-refractivity contribution < 1.29 is 22.7 Å². The van der Waals surface area contributed by atoms with Gasteiger partial charge in [-0.2, -0.15) is 13.2 Å². The molecule has 0 bridgehead atoms. The monoisotopic (exact) mass is 414 g/mol. The van der Waals surface area contributed by atoms with Crippen LogP contribution < -0.4 is 10.6 Å². The lowest BCUT2D eigenvalue weighted by Crippen LogP contribution is -2.27. The fourth-order valence-corrected chi connectivity index (χ4v) is 3.67. The largest absolute Gasteiger partial charge is 0.445 e. The first-order chi connectivity index (χ1) is 13.0. The van der Waals surface area contributed by atoms with E-state index in [1.807, 2.05) is 12.1 Å². The van der Waals surface area contributed by atoms with Crippen LogP contribution in [0.1, 0.15) is 55.8 Å². The molecule has 1 atom stereocenters. The minimum Gasteiger partial charge on any atom is -0.444 e. The number of carbonyl (C=O) groups excluding carboxylic acids is 1. The van der Waals surface area contributed by atoms with Gasteiger partial charge in [0.25, 0.3) is 0 Å². The molecule has 1 heterocycles. The van der Waals surface area contributed by atoms with Crippen LogP contribution in [0, 0.1) is 0 Å². The Bertz CT molecular complexity index is 861. The Hall–Kier alpha value is -2.36. The standard InChI is InChI=1S/C18H21F3N4O2S/c1-17(2,3)27-16(26)22-11-7-8-12-10(9-11)5-4-6-13(12)23-15-25-24-14(28-15)18(19,20)21/h7-9,13H,4-6H2,1-3H3,(H,22,26)(H,23,25). The molecular weight excluding hydrogens is 393 g/mol. The molecule has 0 saturated carbocycles. The number of ether oxygens (including phenoxy) is 1. The third kappa shape index (κ3) is 5.12. The number of anilines is 2. The number of carbonyl (C=O) groups is 1. The summed E-state index contributed by atoms with van der Waals surface area (Å²) in [6.07, 6.45) is -2.57. The molecule has 1 unspecified atom stereocenters. The molecule has 2 N–H and O–H groups in total. The summed E-state index contributed by atoms with van der Waals surface area (Å²) >= 11 is 0.493. The molecule has 6 nitrogen and oxygen atoms in total. The Morgan fingerprint density at radius 1 is 1.25 bits per heavy atom. The average Bonchev–Trinajstić information content (AvgIpc) is 3.02. The maximum atomic E-state index is 12.7. The topological polar surface area (TPSA) is 76.1 Å². The first-order valence-electron chi connectivity index (χ1n) is 8.81. The summed E-state index contributed by atoms with van der Waals surface area (Å²) in [4.78, 5) is 11.9. The summed E-state index contributed by atoms with van der Waals surface area (Å²) in [6.45, 7) is 5.36. The zero-order valence-corrected chi connectivity index (χ0v) is 16.5. The van der Waals surface area contributed by atoms with E-state index < -0.39 is 22.9 Å². The molecule has 1 aromatic carbocycles. The number of amides is 1. The van der Waals surface area contributed by atoms with Crippen molar-refractivity contribution in [2.75, 3.05) is 10.6 Å². The number of aryl methyl sites for hydroxylation is 1. The number of fused-ring (bicyclic) bond motifs is 1. The first kappa shape index (κ1) is 20.4. The van der Waals surface area contributed by atoms with E-state index in [-0.39, 0.29) is 11.2 Å². The van der Waals surface area contributed by atoms with E-state index in [9.17, 15) is 18.0 Å². The summed E-state index contributed by atoms with van der Waals surface area (Å²) in [7, 11) is 0. The fraction of sp³-hybridized carbons (Fsp3) is 0.500. The number of halogens is 3. The van der Waals surface area contributed by atoms with Crippen LogP contribution in [0.4, 0.5) is 28.8 Å². The van der Waals surface area contributed by atoms with E-state index in [2.05, 4.69) is 20.8 Å². The van der Waals surface area contributed by atoms with Gasteiger partial charge < -0.3 is 10.1 Å². The molecule has 0 spiro atoms. The first-order valence-corrected chi connectivity index (χ1v) is 9.63. The molecule has 1 aliphatic rings. The van der Waals surface area contributed by atoms with Gasteiger partial charge in [0, 0.05) is 5.69 Å². The maximum Gasteiger partial charge on any atom is 0.445 e. The zero-order chi connectivity index (χ0) is 20.5. The van der Waals surface area contributed by atoms with Crippen molar-refractivity contribution in [3.63, 3.8) is 0 Å². The number of nitrogens with one attached hydrogen (secondary N) is 2. The predicted octanol–water partition coefficient (Wildman–Crippen LogP) is 5.39. The van der Waals surface area contributed by atoms with Crippen molar-refractivity contribution in [3.05, 3.63) is 34.3 Å². The molecule has 0 aliphatic heterocycles. The van der Waals surface area contributed by atoms with E-state index in [1.54, 1.807) is 26.8 Å². The highest BCUT2D eigenvalue weighted by Crippen LogP contribution is 2.37. The number of hydrogen-bond donors (Lipinski definition) is 2. The molecule has 28 heavy (non-hydrogen) atoms. The summed E-state index contributed by atoms with van der Waals surface area (Å²) in [6, 6.07) is 5.33. The SMILES string of the molecule is CC(C)(C)OC(=O)Nc1ccc2c(c1)CCCC2Nc1nnc(C(F)(F)F)s1. The smallest absolute Gasteiger partial charge is 0.444 e. The summed E-state index contributed by atoms with van der Waals surface area (Å²) in [5, 5.41) is 11.7. The van der Waals surface area contributed by atoms with Gasteiger partial charge in [-0.1, -0.05) is 17.4 Å². The van der Waals surface area contributed by atoms with Crippen LogP contribution in [0.25, 0.3) is 0 Å². The number of benzene rings is 1. The van der Waals surface area contributed by atoms with E-state index in [0.29, 0.717) is 17.0 Å². The third-order valence-electron chi connectivity index (χ3n) is 4.07. The molecule has 1 aromatic heterocycles. The average molecular weight is 414 g/mol. The minimum atomic E-state index is -4.50. The molecule has 0 saturated heterocycles. The highest BCUT2D eigenvalue weighted by Gasteiger charge is 2.36. The quantitative estimate of drug-likeness (QED) is 0.704. The van der Waals surface area contributed by atoms with Gasteiger partial charge in [0.05, 0.1) is 6.04 Å². The lowest BCUT2D eigenvalue weighted by atomic mass is 9.87. The van der Waals surface area contributed by atoms with Gasteiger partial charge >= 0.3 is 12.3 Å². The number of alkyl halides is 3. The van der Waals surface area contributed by atoms with Gasteiger partial charge in [-0.15, -0.1) is 10.2 Å². The Balaban J connectivity index is 1.72. The van der Waals surface area contributed by atoms with Crippen LogP contribution >= 0.6 is 11.3 Å². The fourth-order valence-electron chi connectivity index (χ4n) is 3.01. The molecule has 0 fully saturated rings. The van der Waals surface area contributed by atoms with E-state index in [0.717, 1.165) is 30.4 Å². The minimum absolute atomic E-state index is 0.140. The van der Waals surface area contributed by atoms with Gasteiger partial charge in [0.1, 0.15) is 5.60 Å². The molecule has 1 amide bonds. The number of nitrogens with zero attached hydrogens (tertiary/aromatic N) is 2. The van der Waals surface area contributed by atoms with Crippen LogP contribution in [0.15, 0.2) is 18.2 Å². The summed E-state index contributed by atoms with van der Waals surface area (Å²) in [5.41, 5.74) is 2.02. The molecule has 0 radical (unpaired) electrons. The number of rotatable bonds is 3. The summed E-state index contributed by atoms with van der Waals surface area (Å²) < 4.78 is 43.4. The van der Waals surface area contributed by atoms with Crippen molar-refractivity contribution in [1.29, 1.82) is 0 Å². The Labute approximate surface area is 164 Å². The molecule has 3 rings (SSSR count). The van der Waals surface area contributed by atoms with Crippen LogP contribution in [0.3, 0.4) is 0 Å². The van der Waals surface area contributed by atoms with Crippen LogP contribution in [-0.4, -0.2) is 21.9 Å². The van der Waals surface area contributed by atoms with Gasteiger partial charge in [-0.25, -0.2) is 4.79 Å². The molecule has 2 aromatic rings. The second-order valence-electron chi connectivity index (χ2n) is 7.54. The van der Waals surface area contributed by atoms with E-state index in [1.165, 1.54) is 0 Å². The van der Waals surface area contributed by atoms with E-state index >= 15 is 0 Å². The normalized spacial score (nSPS) is 17.0. The Morgan fingerprint density at radius 3 is 2.64 bits per heavy atom. The van der Waals surface area contributed by atoms with Gasteiger partial charge in [0.2, 0.25) is 10.1 Å². The van der Waals surface area contributed by atoms with Crippen LogP contribution in [0.2, 0.25) is 0 Å². The van der Waals surface area contributed by atoms with E-state index in [4.69, 9.17) is 4.74 Å². The second kappa shape index (κ2) is 7.57. The number of hydrogen-bond acceptors (Lipinski definition) is 6. The van der Waals surface area contributed by atoms with Crippen molar-refractivity contribution >= 4 is 28.2 Å². The van der Waals surface area contributed by atoms with Crippen LogP contribution in [-0.2, 0) is 17.3 Å². The van der Waals surface area contributed by atoms with Crippen LogP contribution in [0.5, 0.6) is 0 Å². The molecule has 152 valence electrons. The molecular formula is C18H21F3N4O2S. The lowest BCUT2D eigenvalue weighted by Gasteiger charge is -2.27. The Kier molecular flexibility index (Phi) is 5.51. The predicted molar refractivity (Wildman–Crippen MR) is 101 cm³/mol. The van der Waals surface area contributed by atoms with Gasteiger partial charge in [-0.3, -0.25) is 5.32 Å². The van der Waals surface area contributed by atoms with Crippen molar-refractivity contribution in [2.45, 2.75) is 57.9 Å². The Morgan fingerprint density at radius 2 is 2.00 bits per heavy atom.